The van der Waals surface area contributed by atoms with Crippen LogP contribution in [0.5, 0.6) is 0 Å². The standard InChI is InChI=1S/C16H26N4/c1-2-8-19-9-11-20(12-10-19)16-5-3-4-15(18-16)13-17-14-6-7-14/h3-5,14,17H,2,6-13H2,1H3. The van der Waals surface area contributed by atoms with Crippen LogP contribution in [0.25, 0.3) is 0 Å². The van der Waals surface area contributed by atoms with Crippen molar-refractivity contribution >= 4 is 5.82 Å². The number of hydrogen-bond acceptors (Lipinski definition) is 4. The lowest BCUT2D eigenvalue weighted by Crippen LogP contribution is -2.46. The first kappa shape index (κ1) is 13.8. The lowest BCUT2D eigenvalue weighted by molar-refractivity contribution is 0.258. The van der Waals surface area contributed by atoms with E-state index in [1.54, 1.807) is 0 Å². The van der Waals surface area contributed by atoms with Gasteiger partial charge in [0.05, 0.1) is 5.69 Å². The predicted octanol–water partition coefficient (Wildman–Crippen LogP) is 1.87. The van der Waals surface area contributed by atoms with Crippen LogP contribution in [-0.2, 0) is 6.54 Å². The summed E-state index contributed by atoms with van der Waals surface area (Å²) in [6.45, 7) is 8.93. The average Bonchev–Trinajstić information content (AvgIpc) is 3.31. The zero-order valence-electron chi connectivity index (χ0n) is 12.5. The van der Waals surface area contributed by atoms with E-state index in [0.717, 1.165) is 31.5 Å². The molecule has 0 spiro atoms. The summed E-state index contributed by atoms with van der Waals surface area (Å²) >= 11 is 0. The Morgan fingerprint density at radius 3 is 2.70 bits per heavy atom. The normalized spacial score (nSPS) is 20.4. The Morgan fingerprint density at radius 1 is 1.20 bits per heavy atom. The molecule has 1 N–H and O–H groups in total. The summed E-state index contributed by atoms with van der Waals surface area (Å²) in [6, 6.07) is 7.17. The van der Waals surface area contributed by atoms with Crippen LogP contribution in [0, 0.1) is 0 Å². The Bertz CT molecular complexity index is 422. The van der Waals surface area contributed by atoms with Crippen molar-refractivity contribution in [2.75, 3.05) is 37.6 Å². The van der Waals surface area contributed by atoms with Crippen molar-refractivity contribution < 1.29 is 0 Å². The first-order valence-corrected chi connectivity index (χ1v) is 8.02. The van der Waals surface area contributed by atoms with Gasteiger partial charge in [0.2, 0.25) is 0 Å². The van der Waals surface area contributed by atoms with Gasteiger partial charge in [-0.1, -0.05) is 13.0 Å². The minimum atomic E-state index is 0.748. The minimum absolute atomic E-state index is 0.748. The molecule has 0 bridgehead atoms. The SMILES string of the molecule is CCCN1CCN(c2cccc(CNC3CC3)n2)CC1. The van der Waals surface area contributed by atoms with Crippen molar-refractivity contribution in [3.63, 3.8) is 0 Å². The number of nitrogens with zero attached hydrogens (tertiary/aromatic N) is 3. The molecule has 1 aromatic heterocycles. The van der Waals surface area contributed by atoms with Crippen LogP contribution in [0.4, 0.5) is 5.82 Å². The van der Waals surface area contributed by atoms with Crippen molar-refractivity contribution in [1.29, 1.82) is 0 Å². The van der Waals surface area contributed by atoms with Crippen LogP contribution >= 0.6 is 0 Å². The maximum absolute atomic E-state index is 4.81. The maximum atomic E-state index is 4.81. The Hall–Kier alpha value is -1.13. The van der Waals surface area contributed by atoms with Gasteiger partial charge in [0.15, 0.2) is 0 Å². The highest BCUT2D eigenvalue weighted by atomic mass is 15.3. The second-order valence-corrected chi connectivity index (χ2v) is 5.97. The molecule has 2 heterocycles. The molecule has 0 unspecified atom stereocenters. The fourth-order valence-corrected chi connectivity index (χ4v) is 2.79. The summed E-state index contributed by atoms with van der Waals surface area (Å²) < 4.78 is 0. The molecule has 0 aromatic carbocycles. The van der Waals surface area contributed by atoms with Crippen LogP contribution in [0.15, 0.2) is 18.2 Å². The van der Waals surface area contributed by atoms with Crippen molar-refractivity contribution in [1.82, 2.24) is 15.2 Å². The number of nitrogens with one attached hydrogen (secondary N) is 1. The fraction of sp³-hybridized carbons (Fsp3) is 0.688. The number of pyridine rings is 1. The molecule has 2 fully saturated rings. The van der Waals surface area contributed by atoms with E-state index in [1.807, 2.05) is 0 Å². The van der Waals surface area contributed by atoms with Gasteiger partial charge in [0.25, 0.3) is 0 Å². The highest BCUT2D eigenvalue weighted by Crippen LogP contribution is 2.19. The number of piperazine rings is 1. The molecule has 4 heteroatoms. The highest BCUT2D eigenvalue weighted by molar-refractivity contribution is 5.39. The topological polar surface area (TPSA) is 31.4 Å². The van der Waals surface area contributed by atoms with E-state index in [1.165, 1.54) is 44.6 Å². The minimum Gasteiger partial charge on any atom is -0.354 e. The van der Waals surface area contributed by atoms with Crippen molar-refractivity contribution in [3.8, 4) is 0 Å². The average molecular weight is 274 g/mol. The summed E-state index contributed by atoms with van der Waals surface area (Å²) in [5.41, 5.74) is 1.17. The Balaban J connectivity index is 1.55. The van der Waals surface area contributed by atoms with Crippen molar-refractivity contribution in [2.45, 2.75) is 38.8 Å². The monoisotopic (exact) mass is 274 g/mol. The smallest absolute Gasteiger partial charge is 0.128 e. The Morgan fingerprint density at radius 2 is 2.00 bits per heavy atom. The van der Waals surface area contributed by atoms with E-state index in [4.69, 9.17) is 4.98 Å². The summed E-state index contributed by atoms with van der Waals surface area (Å²) in [5, 5.41) is 3.54. The zero-order chi connectivity index (χ0) is 13.8. The van der Waals surface area contributed by atoms with Crippen LogP contribution in [0.3, 0.4) is 0 Å². The lowest BCUT2D eigenvalue weighted by atomic mass is 10.2. The molecule has 0 atom stereocenters. The third-order valence-corrected chi connectivity index (χ3v) is 4.18. The maximum Gasteiger partial charge on any atom is 0.128 e. The van der Waals surface area contributed by atoms with E-state index in [0.29, 0.717) is 0 Å². The first-order valence-electron chi connectivity index (χ1n) is 8.02. The fourth-order valence-electron chi connectivity index (χ4n) is 2.79. The van der Waals surface area contributed by atoms with Gasteiger partial charge in [-0.3, -0.25) is 4.90 Å². The summed E-state index contributed by atoms with van der Waals surface area (Å²) in [6.07, 6.45) is 3.92. The highest BCUT2D eigenvalue weighted by Gasteiger charge is 2.21. The van der Waals surface area contributed by atoms with Gasteiger partial charge in [0, 0.05) is 38.8 Å². The van der Waals surface area contributed by atoms with Gasteiger partial charge in [-0.25, -0.2) is 4.98 Å². The van der Waals surface area contributed by atoms with Gasteiger partial charge in [0.1, 0.15) is 5.82 Å². The number of anilines is 1. The van der Waals surface area contributed by atoms with Gasteiger partial charge in [-0.15, -0.1) is 0 Å². The van der Waals surface area contributed by atoms with Crippen LogP contribution in [0.2, 0.25) is 0 Å². The first-order chi connectivity index (χ1) is 9.85. The molecule has 0 amide bonds. The van der Waals surface area contributed by atoms with Crippen LogP contribution in [-0.4, -0.2) is 48.6 Å². The van der Waals surface area contributed by atoms with Crippen molar-refractivity contribution in [2.24, 2.45) is 0 Å². The van der Waals surface area contributed by atoms with Gasteiger partial charge >= 0.3 is 0 Å². The van der Waals surface area contributed by atoms with Crippen LogP contribution in [0.1, 0.15) is 31.9 Å². The molecule has 1 saturated heterocycles. The van der Waals surface area contributed by atoms with E-state index in [2.05, 4.69) is 40.2 Å². The van der Waals surface area contributed by atoms with E-state index in [-0.39, 0.29) is 0 Å². The molecule has 20 heavy (non-hydrogen) atoms. The quantitative estimate of drug-likeness (QED) is 0.858. The number of aromatic nitrogens is 1. The second-order valence-electron chi connectivity index (χ2n) is 5.97. The summed E-state index contributed by atoms with van der Waals surface area (Å²) in [4.78, 5) is 9.79. The number of rotatable bonds is 6. The Labute approximate surface area is 122 Å². The third kappa shape index (κ3) is 3.70. The molecule has 1 saturated carbocycles. The van der Waals surface area contributed by atoms with E-state index in [9.17, 15) is 0 Å². The zero-order valence-corrected chi connectivity index (χ0v) is 12.5. The second kappa shape index (κ2) is 6.55. The lowest BCUT2D eigenvalue weighted by Gasteiger charge is -2.35. The molecule has 0 radical (unpaired) electrons. The molecule has 4 nitrogen and oxygen atoms in total. The molecule has 1 aliphatic heterocycles. The molecule has 2 aliphatic rings. The Kier molecular flexibility index (Phi) is 4.53. The van der Waals surface area contributed by atoms with Crippen molar-refractivity contribution in [3.05, 3.63) is 23.9 Å². The molecule has 110 valence electrons. The molecule has 3 rings (SSSR count). The largest absolute Gasteiger partial charge is 0.354 e. The van der Waals surface area contributed by atoms with Gasteiger partial charge < -0.3 is 10.2 Å². The summed E-state index contributed by atoms with van der Waals surface area (Å²) in [7, 11) is 0. The van der Waals surface area contributed by atoms with Gasteiger partial charge in [-0.05, 0) is 37.9 Å². The third-order valence-electron chi connectivity index (χ3n) is 4.18. The predicted molar refractivity (Wildman–Crippen MR) is 83.0 cm³/mol. The molecule has 1 aliphatic carbocycles. The van der Waals surface area contributed by atoms with Crippen LogP contribution < -0.4 is 10.2 Å². The number of hydrogen-bond donors (Lipinski definition) is 1. The summed E-state index contributed by atoms with van der Waals surface area (Å²) in [5.74, 6) is 1.15. The molecular weight excluding hydrogens is 248 g/mol. The van der Waals surface area contributed by atoms with E-state index < -0.39 is 0 Å². The molecular formula is C16H26N4. The van der Waals surface area contributed by atoms with E-state index >= 15 is 0 Å². The molecule has 1 aromatic rings. The van der Waals surface area contributed by atoms with Gasteiger partial charge in [-0.2, -0.15) is 0 Å².